The van der Waals surface area contributed by atoms with E-state index >= 15 is 0 Å². The van der Waals surface area contributed by atoms with Crippen LogP contribution >= 0.6 is 8.25 Å². The van der Waals surface area contributed by atoms with E-state index in [4.69, 9.17) is 9.05 Å². The molecule has 3 nitrogen and oxygen atoms in total. The average Bonchev–Trinajstić information content (AvgIpc) is 2.92. The highest BCUT2D eigenvalue weighted by atomic mass is 31.1. The van der Waals surface area contributed by atoms with Gasteiger partial charge in [0.1, 0.15) is 11.6 Å². The molecular formula is C32H38F4O3P+. The van der Waals surface area contributed by atoms with Gasteiger partial charge in [0.25, 0.3) is 0 Å². The molecule has 0 heterocycles. The summed E-state index contributed by atoms with van der Waals surface area (Å²) in [6.07, 6.45) is 5.32. The zero-order valence-corrected chi connectivity index (χ0v) is 24.8. The zero-order chi connectivity index (χ0) is 29.8. The Morgan fingerprint density at radius 1 is 0.675 bits per heavy atom. The lowest BCUT2D eigenvalue weighted by molar-refractivity contribution is 0.228. The molecule has 0 aromatic heterocycles. The number of hydrogen-bond donors (Lipinski definition) is 0. The van der Waals surface area contributed by atoms with Crippen LogP contribution in [-0.4, -0.2) is 0 Å². The average molecular weight is 578 g/mol. The molecule has 0 atom stereocenters. The molecule has 0 N–H and O–H groups in total. The van der Waals surface area contributed by atoms with Gasteiger partial charge < -0.3 is 0 Å². The molecule has 2 aromatic rings. The van der Waals surface area contributed by atoms with Crippen LogP contribution in [0.3, 0.4) is 0 Å². The maximum atomic E-state index is 14.9. The van der Waals surface area contributed by atoms with Gasteiger partial charge in [-0.1, -0.05) is 63.1 Å². The molecule has 0 unspecified atom stereocenters. The summed E-state index contributed by atoms with van der Waals surface area (Å²) < 4.78 is 78.8. The Kier molecular flexibility index (Phi) is 13.4. The van der Waals surface area contributed by atoms with E-state index < -0.39 is 31.9 Å². The fraction of sp³-hybridized carbons (Fsp3) is 0.375. The highest BCUT2D eigenvalue weighted by Crippen LogP contribution is 2.37. The molecule has 0 aliphatic heterocycles. The molecule has 8 heteroatoms. The Labute approximate surface area is 236 Å². The monoisotopic (exact) mass is 577 g/mol. The van der Waals surface area contributed by atoms with Gasteiger partial charge in [-0.25, -0.2) is 8.78 Å². The van der Waals surface area contributed by atoms with Gasteiger partial charge in [-0.2, -0.15) is 17.8 Å². The first kappa shape index (κ1) is 33.0. The molecule has 0 aliphatic rings. The van der Waals surface area contributed by atoms with Gasteiger partial charge in [-0.05, 0) is 97.9 Å². The van der Waals surface area contributed by atoms with Gasteiger partial charge in [-0.15, -0.1) is 0 Å². The SMILES string of the molecule is CCC(CC)/C(C)=C(\C=C(\F)O[P+](=O)O/C(F)=C\C(=C(\C)C(CC)CC)c1ccc(F)cc1)c1ccc(F)cc1. The minimum atomic E-state index is -3.25. The number of hydrogen-bond acceptors (Lipinski definition) is 3. The van der Waals surface area contributed by atoms with Crippen molar-refractivity contribution in [2.75, 3.05) is 0 Å². The lowest BCUT2D eigenvalue weighted by atomic mass is 9.88. The van der Waals surface area contributed by atoms with Gasteiger partial charge in [-0.3, -0.25) is 0 Å². The molecule has 0 amide bonds. The summed E-state index contributed by atoms with van der Waals surface area (Å²) in [5, 5.41) is 0. The van der Waals surface area contributed by atoms with Crippen molar-refractivity contribution in [3.63, 3.8) is 0 Å². The first-order valence-corrected chi connectivity index (χ1v) is 14.6. The second kappa shape index (κ2) is 16.2. The van der Waals surface area contributed by atoms with Gasteiger partial charge >= 0.3 is 20.3 Å². The molecule has 0 aliphatic carbocycles. The van der Waals surface area contributed by atoms with E-state index in [2.05, 4.69) is 0 Å². The van der Waals surface area contributed by atoms with Crippen molar-refractivity contribution < 1.29 is 31.2 Å². The van der Waals surface area contributed by atoms with Crippen LogP contribution in [0.15, 0.2) is 83.9 Å². The Hall–Kier alpha value is -3.18. The molecular weight excluding hydrogens is 539 g/mol. The summed E-state index contributed by atoms with van der Waals surface area (Å²) in [7, 11) is -3.25. The van der Waals surface area contributed by atoms with Crippen molar-refractivity contribution in [1.82, 2.24) is 0 Å². The van der Waals surface area contributed by atoms with Crippen molar-refractivity contribution in [3.05, 3.63) is 107 Å². The Morgan fingerprint density at radius 3 is 1.25 bits per heavy atom. The largest absolute Gasteiger partial charge is 0.810 e. The van der Waals surface area contributed by atoms with Gasteiger partial charge in [0.15, 0.2) is 0 Å². The maximum absolute atomic E-state index is 14.9. The summed E-state index contributed by atoms with van der Waals surface area (Å²) in [5.74, 6) is -0.610. The zero-order valence-electron chi connectivity index (χ0n) is 23.9. The van der Waals surface area contributed by atoms with Crippen LogP contribution in [0.4, 0.5) is 17.6 Å². The van der Waals surface area contributed by atoms with Crippen LogP contribution in [0, 0.1) is 23.5 Å². The van der Waals surface area contributed by atoms with Gasteiger partial charge in [0.2, 0.25) is 0 Å². The highest BCUT2D eigenvalue weighted by Gasteiger charge is 2.29. The van der Waals surface area contributed by atoms with Crippen molar-refractivity contribution in [2.45, 2.75) is 67.2 Å². The van der Waals surface area contributed by atoms with E-state index in [-0.39, 0.29) is 11.8 Å². The molecule has 0 saturated carbocycles. The molecule has 0 radical (unpaired) electrons. The summed E-state index contributed by atoms with van der Waals surface area (Å²) in [6, 6.07) is 8.67. The third-order valence-corrected chi connectivity index (χ3v) is 7.84. The van der Waals surface area contributed by atoms with E-state index in [0.29, 0.717) is 22.3 Å². The normalized spacial score (nSPS) is 14.2. The Morgan fingerprint density at radius 2 is 0.975 bits per heavy atom. The fourth-order valence-corrected chi connectivity index (χ4v) is 5.22. The van der Waals surface area contributed by atoms with Crippen molar-refractivity contribution in [2.24, 2.45) is 11.8 Å². The molecule has 0 saturated heterocycles. The molecule has 2 aromatic carbocycles. The Balaban J connectivity index is 2.35. The summed E-state index contributed by atoms with van der Waals surface area (Å²) in [4.78, 5) is 0. The first-order valence-electron chi connectivity index (χ1n) is 13.5. The third-order valence-electron chi connectivity index (χ3n) is 7.20. The van der Waals surface area contributed by atoms with E-state index in [1.807, 2.05) is 41.5 Å². The predicted octanol–water partition coefficient (Wildman–Crippen LogP) is 11.4. The number of halogens is 4. The van der Waals surface area contributed by atoms with Crippen LogP contribution < -0.4 is 0 Å². The second-order valence-corrected chi connectivity index (χ2v) is 10.3. The number of rotatable bonds is 14. The van der Waals surface area contributed by atoms with Crippen LogP contribution in [-0.2, 0) is 13.6 Å². The topological polar surface area (TPSA) is 35.5 Å². The van der Waals surface area contributed by atoms with Gasteiger partial charge in [0, 0.05) is 16.7 Å². The minimum Gasteiger partial charge on any atom is -0.207 e. The molecule has 216 valence electrons. The predicted molar refractivity (Wildman–Crippen MR) is 154 cm³/mol. The quantitative estimate of drug-likeness (QED) is 0.0970. The van der Waals surface area contributed by atoms with E-state index in [1.165, 1.54) is 48.5 Å². The molecule has 0 fully saturated rings. The summed E-state index contributed by atoms with van der Waals surface area (Å²) in [6.45, 7) is 11.7. The standard InChI is InChI=1S/C32H38F4O3P/c1-7-23(8-2)21(5)29(25-11-15-27(33)16-12-25)19-31(35)38-40(37)39-32(36)20-30(22(6)24(9-3)10-4)26-13-17-28(34)18-14-26/h11-20,23-24H,7-10H2,1-6H3/q+1/b29-21+,30-22+,31-19-,32-20-. The Bertz CT molecular complexity index is 1160. The van der Waals surface area contributed by atoms with E-state index in [0.717, 1.165) is 49.0 Å². The minimum absolute atomic E-state index is 0.129. The van der Waals surface area contributed by atoms with Crippen LogP contribution in [0.25, 0.3) is 11.1 Å². The highest BCUT2D eigenvalue weighted by molar-refractivity contribution is 7.33. The maximum Gasteiger partial charge on any atom is 0.810 e. The summed E-state index contributed by atoms with van der Waals surface area (Å²) in [5.41, 5.74) is 3.71. The van der Waals surface area contributed by atoms with E-state index in [9.17, 15) is 22.1 Å². The third kappa shape index (κ3) is 9.48. The lowest BCUT2D eigenvalue weighted by Crippen LogP contribution is -2.02. The smallest absolute Gasteiger partial charge is 0.207 e. The van der Waals surface area contributed by atoms with Gasteiger partial charge in [0.05, 0.1) is 0 Å². The van der Waals surface area contributed by atoms with Crippen LogP contribution in [0.1, 0.15) is 78.4 Å². The number of allylic oxidation sites excluding steroid dienone is 6. The first-order chi connectivity index (χ1) is 19.0. The molecule has 2 rings (SSSR count). The van der Waals surface area contributed by atoms with Crippen molar-refractivity contribution in [3.8, 4) is 0 Å². The van der Waals surface area contributed by atoms with Crippen LogP contribution in [0.2, 0.25) is 0 Å². The molecule has 40 heavy (non-hydrogen) atoms. The fourth-order valence-electron chi connectivity index (χ4n) is 4.79. The van der Waals surface area contributed by atoms with E-state index in [1.54, 1.807) is 0 Å². The van der Waals surface area contributed by atoms with Crippen molar-refractivity contribution >= 4 is 19.4 Å². The second-order valence-electron chi connectivity index (χ2n) is 9.54. The summed E-state index contributed by atoms with van der Waals surface area (Å²) >= 11 is 0. The van der Waals surface area contributed by atoms with Crippen molar-refractivity contribution in [1.29, 1.82) is 0 Å². The lowest BCUT2D eigenvalue weighted by Gasteiger charge is -2.17. The number of benzene rings is 2. The molecule has 0 bridgehead atoms. The molecule has 0 spiro atoms. The van der Waals surface area contributed by atoms with Crippen LogP contribution in [0.5, 0.6) is 0 Å².